The summed E-state index contributed by atoms with van der Waals surface area (Å²) in [6.07, 6.45) is 9.71. The molecule has 0 heterocycles. The van der Waals surface area contributed by atoms with E-state index >= 15 is 0 Å². The molecule has 0 bridgehead atoms. The number of ether oxygens (including phenoxy) is 1. The summed E-state index contributed by atoms with van der Waals surface area (Å²) in [5, 5.41) is 11.8. The molecule has 18 heavy (non-hydrogen) atoms. The van der Waals surface area contributed by atoms with Crippen molar-refractivity contribution in [3.05, 3.63) is 23.4 Å². The van der Waals surface area contributed by atoms with Crippen molar-refractivity contribution < 1.29 is 9.84 Å². The Morgan fingerprint density at radius 2 is 2.17 bits per heavy atom. The van der Waals surface area contributed by atoms with Crippen LogP contribution in [0.15, 0.2) is 23.4 Å². The lowest BCUT2D eigenvalue weighted by molar-refractivity contribution is 0.127. The van der Waals surface area contributed by atoms with Gasteiger partial charge in [0.25, 0.3) is 0 Å². The van der Waals surface area contributed by atoms with Crippen LogP contribution in [-0.2, 0) is 4.74 Å². The highest BCUT2D eigenvalue weighted by Gasteiger charge is 2.16. The molecule has 104 valence electrons. The van der Waals surface area contributed by atoms with Crippen LogP contribution in [0.2, 0.25) is 0 Å². The molecular weight excluding hydrogens is 228 g/mol. The van der Waals surface area contributed by atoms with Crippen LogP contribution < -0.4 is 11.1 Å². The Balaban J connectivity index is 2.14. The quantitative estimate of drug-likeness (QED) is 0.543. The zero-order valence-corrected chi connectivity index (χ0v) is 11.3. The van der Waals surface area contributed by atoms with E-state index < -0.39 is 0 Å². The van der Waals surface area contributed by atoms with Crippen molar-refractivity contribution in [2.75, 3.05) is 26.8 Å². The average Bonchev–Trinajstić information content (AvgIpc) is 2.39. The molecule has 0 aliphatic heterocycles. The molecule has 1 aliphatic carbocycles. The van der Waals surface area contributed by atoms with Crippen LogP contribution in [0.1, 0.15) is 32.1 Å². The number of nitrogens with two attached hydrogens (primary N) is 1. The maximum atomic E-state index is 8.62. The Morgan fingerprint density at radius 1 is 1.33 bits per heavy atom. The van der Waals surface area contributed by atoms with Crippen molar-refractivity contribution in [2.24, 2.45) is 5.73 Å². The number of methoxy groups -OCH3 is 1. The summed E-state index contributed by atoms with van der Waals surface area (Å²) in [7, 11) is 1.75. The molecule has 4 nitrogen and oxygen atoms in total. The predicted molar refractivity (Wildman–Crippen MR) is 74.2 cm³/mol. The molecule has 0 fully saturated rings. The van der Waals surface area contributed by atoms with Gasteiger partial charge in [-0.05, 0) is 37.5 Å². The standard InChI is InChI=1S/C14H26N2O2/c1-18-14-11-13(15)7-6-12(14)5-3-2-4-8-16-9-10-17/h6-7,14,16-17H,2-5,8-11,15H2,1H3. The fourth-order valence-corrected chi connectivity index (χ4v) is 2.17. The molecule has 1 unspecified atom stereocenters. The highest BCUT2D eigenvalue weighted by Crippen LogP contribution is 2.23. The molecule has 0 aromatic carbocycles. The van der Waals surface area contributed by atoms with Gasteiger partial charge in [0.2, 0.25) is 0 Å². The predicted octanol–water partition coefficient (Wildman–Crippen LogP) is 1.32. The van der Waals surface area contributed by atoms with E-state index in [2.05, 4.69) is 11.4 Å². The summed E-state index contributed by atoms with van der Waals surface area (Å²) >= 11 is 0. The lowest BCUT2D eigenvalue weighted by Gasteiger charge is -2.22. The molecule has 4 heteroatoms. The van der Waals surface area contributed by atoms with Crippen molar-refractivity contribution in [2.45, 2.75) is 38.2 Å². The molecule has 1 rings (SSSR count). The number of rotatable bonds is 9. The average molecular weight is 254 g/mol. The number of nitrogens with one attached hydrogen (secondary N) is 1. The van der Waals surface area contributed by atoms with Crippen LogP contribution in [0.4, 0.5) is 0 Å². The summed E-state index contributed by atoms with van der Waals surface area (Å²) in [6.45, 7) is 1.90. The van der Waals surface area contributed by atoms with Crippen molar-refractivity contribution in [3.8, 4) is 0 Å². The monoisotopic (exact) mass is 254 g/mol. The van der Waals surface area contributed by atoms with Gasteiger partial charge in [-0.1, -0.05) is 12.5 Å². The SMILES string of the molecule is COC1CC(N)=CC=C1CCCCCNCCO. The third-order valence-corrected chi connectivity index (χ3v) is 3.24. The fourth-order valence-electron chi connectivity index (χ4n) is 2.17. The molecule has 0 amide bonds. The minimum absolute atomic E-state index is 0.169. The van der Waals surface area contributed by atoms with E-state index in [4.69, 9.17) is 15.6 Å². The van der Waals surface area contributed by atoms with Crippen molar-refractivity contribution in [3.63, 3.8) is 0 Å². The van der Waals surface area contributed by atoms with Gasteiger partial charge in [-0.25, -0.2) is 0 Å². The largest absolute Gasteiger partial charge is 0.402 e. The zero-order valence-electron chi connectivity index (χ0n) is 11.3. The van der Waals surface area contributed by atoms with Crippen LogP contribution in [0.25, 0.3) is 0 Å². The first-order valence-electron chi connectivity index (χ1n) is 6.77. The fraction of sp³-hybridized carbons (Fsp3) is 0.714. The number of unbranched alkanes of at least 4 members (excludes halogenated alkanes) is 2. The number of aliphatic hydroxyl groups excluding tert-OH is 1. The van der Waals surface area contributed by atoms with Gasteiger partial charge in [-0.3, -0.25) is 0 Å². The molecule has 1 aliphatic rings. The van der Waals surface area contributed by atoms with Gasteiger partial charge in [-0.2, -0.15) is 0 Å². The van der Waals surface area contributed by atoms with Crippen LogP contribution in [0.3, 0.4) is 0 Å². The van der Waals surface area contributed by atoms with E-state index in [1.165, 1.54) is 18.4 Å². The maximum absolute atomic E-state index is 8.62. The van der Waals surface area contributed by atoms with Crippen LogP contribution in [0, 0.1) is 0 Å². The van der Waals surface area contributed by atoms with Gasteiger partial charge in [0.15, 0.2) is 0 Å². The van der Waals surface area contributed by atoms with Crippen molar-refractivity contribution in [1.82, 2.24) is 5.32 Å². The molecule has 0 saturated carbocycles. The lowest BCUT2D eigenvalue weighted by Crippen LogP contribution is -2.20. The third kappa shape index (κ3) is 5.67. The van der Waals surface area contributed by atoms with Gasteiger partial charge >= 0.3 is 0 Å². The van der Waals surface area contributed by atoms with Gasteiger partial charge < -0.3 is 20.9 Å². The summed E-state index contributed by atoms with van der Waals surface area (Å²) in [5.41, 5.74) is 8.05. The summed E-state index contributed by atoms with van der Waals surface area (Å²) in [6, 6.07) is 0. The van der Waals surface area contributed by atoms with E-state index in [1.54, 1.807) is 7.11 Å². The van der Waals surface area contributed by atoms with Crippen molar-refractivity contribution >= 4 is 0 Å². The molecule has 0 aromatic rings. The maximum Gasteiger partial charge on any atom is 0.0838 e. The normalized spacial score (nSPS) is 19.6. The molecule has 1 atom stereocenters. The molecular formula is C14H26N2O2. The van der Waals surface area contributed by atoms with Gasteiger partial charge in [0.1, 0.15) is 0 Å². The molecule has 4 N–H and O–H groups in total. The van der Waals surface area contributed by atoms with Crippen LogP contribution in [-0.4, -0.2) is 38.0 Å². The topological polar surface area (TPSA) is 67.5 Å². The van der Waals surface area contributed by atoms with Gasteiger partial charge in [0, 0.05) is 25.8 Å². The Kier molecular flexibility index (Phi) is 7.73. The van der Waals surface area contributed by atoms with Crippen LogP contribution in [0.5, 0.6) is 0 Å². The highest BCUT2D eigenvalue weighted by atomic mass is 16.5. The van der Waals surface area contributed by atoms with E-state index in [9.17, 15) is 0 Å². The van der Waals surface area contributed by atoms with Crippen LogP contribution >= 0.6 is 0 Å². The summed E-state index contributed by atoms with van der Waals surface area (Å²) < 4.78 is 5.46. The van der Waals surface area contributed by atoms with Crippen molar-refractivity contribution in [1.29, 1.82) is 0 Å². The number of allylic oxidation sites excluding steroid dienone is 2. The molecule has 0 radical (unpaired) electrons. The lowest BCUT2D eigenvalue weighted by atomic mass is 9.94. The summed E-state index contributed by atoms with van der Waals surface area (Å²) in [4.78, 5) is 0. The highest BCUT2D eigenvalue weighted by molar-refractivity contribution is 5.26. The summed E-state index contributed by atoms with van der Waals surface area (Å²) in [5.74, 6) is 0. The Labute approximate surface area is 110 Å². The molecule has 0 saturated heterocycles. The minimum atomic E-state index is 0.169. The van der Waals surface area contributed by atoms with E-state index in [-0.39, 0.29) is 12.7 Å². The first kappa shape index (κ1) is 15.2. The Bertz CT molecular complexity index is 288. The number of hydrogen-bond acceptors (Lipinski definition) is 4. The molecule has 0 spiro atoms. The van der Waals surface area contributed by atoms with E-state index in [1.807, 2.05) is 6.08 Å². The smallest absolute Gasteiger partial charge is 0.0838 e. The third-order valence-electron chi connectivity index (χ3n) is 3.24. The van der Waals surface area contributed by atoms with E-state index in [0.29, 0.717) is 6.54 Å². The Morgan fingerprint density at radius 3 is 2.89 bits per heavy atom. The van der Waals surface area contributed by atoms with Gasteiger partial charge in [-0.15, -0.1) is 0 Å². The molecule has 0 aromatic heterocycles. The second kappa shape index (κ2) is 9.14. The Hall–Kier alpha value is -0.840. The first-order chi connectivity index (χ1) is 8.77. The first-order valence-corrected chi connectivity index (χ1v) is 6.77. The minimum Gasteiger partial charge on any atom is -0.402 e. The van der Waals surface area contributed by atoms with Gasteiger partial charge in [0.05, 0.1) is 12.7 Å². The number of hydrogen-bond donors (Lipinski definition) is 3. The zero-order chi connectivity index (χ0) is 13.2. The second-order valence-electron chi connectivity index (χ2n) is 4.70. The van der Waals surface area contributed by atoms with E-state index in [0.717, 1.165) is 31.5 Å². The second-order valence-corrected chi connectivity index (χ2v) is 4.70. The number of aliphatic hydroxyl groups is 1.